The number of esters is 1. The van der Waals surface area contributed by atoms with Crippen molar-refractivity contribution in [3.05, 3.63) is 12.2 Å². The van der Waals surface area contributed by atoms with Gasteiger partial charge in [-0.3, -0.25) is 14.8 Å². The van der Waals surface area contributed by atoms with E-state index in [0.29, 0.717) is 5.92 Å². The summed E-state index contributed by atoms with van der Waals surface area (Å²) in [4.78, 5) is 18.9. The van der Waals surface area contributed by atoms with Gasteiger partial charge in [-0.2, -0.15) is 5.10 Å². The predicted molar refractivity (Wildman–Crippen MR) is 79.9 cm³/mol. The van der Waals surface area contributed by atoms with Crippen LogP contribution in [0, 0.1) is 0 Å². The summed E-state index contributed by atoms with van der Waals surface area (Å²) in [7, 11) is 0. The van der Waals surface area contributed by atoms with E-state index in [9.17, 15) is 4.79 Å². The largest absolute Gasteiger partial charge is 0.459 e. The molecule has 1 aromatic heterocycles. The van der Waals surface area contributed by atoms with Gasteiger partial charge in [0.25, 0.3) is 0 Å². The summed E-state index contributed by atoms with van der Waals surface area (Å²) in [5.74, 6) is 1.11. The predicted octanol–water partition coefficient (Wildman–Crippen LogP) is 2.10. The molecule has 0 amide bonds. The van der Waals surface area contributed by atoms with E-state index in [1.165, 1.54) is 0 Å². The Morgan fingerprint density at radius 1 is 1.57 bits per heavy atom. The third-order valence-electron chi connectivity index (χ3n) is 3.78. The summed E-state index contributed by atoms with van der Waals surface area (Å²) >= 11 is 0. The summed E-state index contributed by atoms with van der Waals surface area (Å²) in [5.41, 5.74) is -0.440. The second kappa shape index (κ2) is 6.56. The molecule has 21 heavy (non-hydrogen) atoms. The van der Waals surface area contributed by atoms with Gasteiger partial charge in [0.1, 0.15) is 23.8 Å². The van der Waals surface area contributed by atoms with Gasteiger partial charge in [-0.1, -0.05) is 6.92 Å². The number of piperidine rings is 1. The molecule has 0 bridgehead atoms. The number of hydrogen-bond donors (Lipinski definition) is 1. The highest BCUT2D eigenvalue weighted by atomic mass is 16.6. The molecule has 0 aromatic carbocycles. The van der Waals surface area contributed by atoms with Crippen molar-refractivity contribution in [3.8, 4) is 0 Å². The van der Waals surface area contributed by atoms with Crippen LogP contribution in [0.1, 0.15) is 58.7 Å². The van der Waals surface area contributed by atoms with Crippen molar-refractivity contribution < 1.29 is 9.53 Å². The number of carbonyl (C=O) groups is 1. The smallest absolute Gasteiger partial charge is 0.323 e. The van der Waals surface area contributed by atoms with Crippen molar-refractivity contribution in [2.45, 2.75) is 64.5 Å². The van der Waals surface area contributed by atoms with Gasteiger partial charge < -0.3 is 4.74 Å². The lowest BCUT2D eigenvalue weighted by molar-refractivity contribution is -0.162. The number of nitrogens with zero attached hydrogens (tertiary/aromatic N) is 3. The van der Waals surface area contributed by atoms with Gasteiger partial charge in [-0.25, -0.2) is 4.98 Å². The van der Waals surface area contributed by atoms with Crippen LogP contribution < -0.4 is 0 Å². The van der Waals surface area contributed by atoms with Crippen LogP contribution >= 0.6 is 0 Å². The van der Waals surface area contributed by atoms with Gasteiger partial charge in [0.2, 0.25) is 0 Å². The number of rotatable bonds is 4. The maximum Gasteiger partial charge on any atom is 0.323 e. The normalized spacial score (nSPS) is 22.0. The molecule has 6 nitrogen and oxygen atoms in total. The lowest BCUT2D eigenvalue weighted by Crippen LogP contribution is -2.48. The number of ether oxygens (including phenoxy) is 1. The molecule has 1 aliphatic rings. The number of likely N-dealkylation sites (tertiary alicyclic amines) is 1. The highest BCUT2D eigenvalue weighted by Gasteiger charge is 2.33. The molecule has 2 rings (SSSR count). The summed E-state index contributed by atoms with van der Waals surface area (Å²) in [5, 5.41) is 6.87. The Morgan fingerprint density at radius 2 is 2.33 bits per heavy atom. The maximum atomic E-state index is 12.4. The Morgan fingerprint density at radius 3 is 2.90 bits per heavy atom. The second-order valence-corrected chi connectivity index (χ2v) is 6.66. The van der Waals surface area contributed by atoms with Crippen molar-refractivity contribution in [3.63, 3.8) is 0 Å². The first-order chi connectivity index (χ1) is 9.90. The topological polar surface area (TPSA) is 71.1 Å². The van der Waals surface area contributed by atoms with Crippen LogP contribution in [0.5, 0.6) is 0 Å². The molecule has 2 atom stereocenters. The zero-order chi connectivity index (χ0) is 15.5. The molecule has 0 aliphatic carbocycles. The first-order valence-corrected chi connectivity index (χ1v) is 7.73. The molecular weight excluding hydrogens is 268 g/mol. The molecule has 118 valence electrons. The average molecular weight is 294 g/mol. The van der Waals surface area contributed by atoms with Crippen LogP contribution in [0.15, 0.2) is 6.33 Å². The second-order valence-electron chi connectivity index (χ2n) is 6.66. The van der Waals surface area contributed by atoms with Gasteiger partial charge in [-0.15, -0.1) is 0 Å². The van der Waals surface area contributed by atoms with Gasteiger partial charge in [0.15, 0.2) is 0 Å². The van der Waals surface area contributed by atoms with Crippen LogP contribution in [-0.4, -0.2) is 50.8 Å². The van der Waals surface area contributed by atoms with Crippen molar-refractivity contribution >= 4 is 5.97 Å². The third-order valence-corrected chi connectivity index (χ3v) is 3.78. The van der Waals surface area contributed by atoms with E-state index < -0.39 is 5.60 Å². The summed E-state index contributed by atoms with van der Waals surface area (Å²) < 4.78 is 5.55. The SMILES string of the molecule is CC[C@@H](C(=O)OC(C)(C)C)N1CCC[C@@H](c2ncn[nH]2)C1. The monoisotopic (exact) mass is 294 g/mol. The molecule has 1 fully saturated rings. The van der Waals surface area contributed by atoms with Crippen LogP contribution in [0.3, 0.4) is 0 Å². The maximum absolute atomic E-state index is 12.4. The summed E-state index contributed by atoms with van der Waals surface area (Å²) in [6, 6.07) is -0.171. The molecule has 1 N–H and O–H groups in total. The van der Waals surface area contributed by atoms with Gasteiger partial charge >= 0.3 is 5.97 Å². The Hall–Kier alpha value is -1.43. The standard InChI is InChI=1S/C15H26N4O2/c1-5-12(14(20)21-15(2,3)4)19-8-6-7-11(9-19)13-16-10-17-18-13/h10-12H,5-9H2,1-4H3,(H,16,17,18)/t11-,12+/m1/s1. The minimum absolute atomic E-state index is 0.122. The molecule has 1 aromatic rings. The van der Waals surface area contributed by atoms with Crippen LogP contribution in [0.2, 0.25) is 0 Å². The number of H-pyrrole nitrogens is 1. The quantitative estimate of drug-likeness (QED) is 0.861. The zero-order valence-electron chi connectivity index (χ0n) is 13.4. The van der Waals surface area contributed by atoms with Gasteiger partial charge in [-0.05, 0) is 46.6 Å². The Kier molecular flexibility index (Phi) is 4.98. The first-order valence-electron chi connectivity index (χ1n) is 7.73. The summed E-state index contributed by atoms with van der Waals surface area (Å²) in [6.07, 6.45) is 4.44. The van der Waals surface area contributed by atoms with Crippen molar-refractivity contribution in [1.82, 2.24) is 20.1 Å². The first kappa shape index (κ1) is 15.9. The Bertz CT molecular complexity index is 453. The highest BCUT2D eigenvalue weighted by molar-refractivity contribution is 5.76. The highest BCUT2D eigenvalue weighted by Crippen LogP contribution is 2.26. The number of carbonyl (C=O) groups excluding carboxylic acids is 1. The Balaban J connectivity index is 2.02. The number of aromatic amines is 1. The van der Waals surface area contributed by atoms with E-state index in [1.54, 1.807) is 6.33 Å². The molecule has 6 heteroatoms. The van der Waals surface area contributed by atoms with E-state index in [0.717, 1.165) is 38.2 Å². The third kappa shape index (κ3) is 4.27. The summed E-state index contributed by atoms with van der Waals surface area (Å²) in [6.45, 7) is 9.52. The van der Waals surface area contributed by atoms with Crippen LogP contribution in [0.4, 0.5) is 0 Å². The molecule has 1 aliphatic heterocycles. The van der Waals surface area contributed by atoms with Crippen LogP contribution in [-0.2, 0) is 9.53 Å². The van der Waals surface area contributed by atoms with E-state index in [-0.39, 0.29) is 12.0 Å². The average Bonchev–Trinajstić information content (AvgIpc) is 2.91. The lowest BCUT2D eigenvalue weighted by atomic mass is 9.95. The molecule has 0 radical (unpaired) electrons. The van der Waals surface area contributed by atoms with Gasteiger partial charge in [0, 0.05) is 12.5 Å². The number of aromatic nitrogens is 3. The molecule has 0 unspecified atom stereocenters. The molecular formula is C15H26N4O2. The molecule has 2 heterocycles. The minimum atomic E-state index is -0.440. The molecule has 0 saturated carbocycles. The van der Waals surface area contributed by atoms with Crippen molar-refractivity contribution in [2.24, 2.45) is 0 Å². The van der Waals surface area contributed by atoms with E-state index in [4.69, 9.17) is 4.74 Å². The van der Waals surface area contributed by atoms with Gasteiger partial charge in [0.05, 0.1) is 0 Å². The van der Waals surface area contributed by atoms with E-state index in [2.05, 4.69) is 20.1 Å². The lowest BCUT2D eigenvalue weighted by Gasteiger charge is -2.37. The minimum Gasteiger partial charge on any atom is -0.459 e. The molecule has 0 spiro atoms. The fraction of sp³-hybridized carbons (Fsp3) is 0.800. The fourth-order valence-corrected chi connectivity index (χ4v) is 2.87. The Labute approximate surface area is 126 Å². The van der Waals surface area contributed by atoms with Crippen molar-refractivity contribution in [2.75, 3.05) is 13.1 Å². The zero-order valence-corrected chi connectivity index (χ0v) is 13.4. The van der Waals surface area contributed by atoms with E-state index in [1.807, 2.05) is 27.7 Å². The van der Waals surface area contributed by atoms with E-state index >= 15 is 0 Å². The van der Waals surface area contributed by atoms with Crippen LogP contribution in [0.25, 0.3) is 0 Å². The van der Waals surface area contributed by atoms with Crippen molar-refractivity contribution in [1.29, 1.82) is 0 Å². The number of nitrogens with one attached hydrogen (secondary N) is 1. The molecule has 1 saturated heterocycles. The fourth-order valence-electron chi connectivity index (χ4n) is 2.87. The number of hydrogen-bond acceptors (Lipinski definition) is 5.